The molecule has 0 bridgehead atoms. The fourth-order valence-corrected chi connectivity index (χ4v) is 13.8. The number of phenolic OH excluding ortho intramolecular Hbond substituents is 4. The van der Waals surface area contributed by atoms with E-state index in [2.05, 4.69) is 288 Å². The number of hydrogen-bond donors (Lipinski definition) is 4. The molecule has 0 spiro atoms. The molecule has 0 aliphatic heterocycles. The van der Waals surface area contributed by atoms with Crippen LogP contribution in [0.4, 0.5) is 0 Å². The number of aryl methyl sites for hydroxylation is 2. The van der Waals surface area contributed by atoms with Gasteiger partial charge in [0.1, 0.15) is 23.0 Å². The van der Waals surface area contributed by atoms with Gasteiger partial charge in [0.15, 0.2) is 0 Å². The molecule has 0 unspecified atom stereocenters. The Kier molecular flexibility index (Phi) is 16.6. The summed E-state index contributed by atoms with van der Waals surface area (Å²) in [5, 5.41) is 48.2. The number of hydrogen-bond acceptors (Lipinski definition) is 4. The summed E-state index contributed by atoms with van der Waals surface area (Å²) in [5.74, 6) is 1.20. The van der Waals surface area contributed by atoms with Crippen LogP contribution < -0.4 is 0 Å². The van der Waals surface area contributed by atoms with Gasteiger partial charge < -0.3 is 20.4 Å². The van der Waals surface area contributed by atoms with Crippen molar-refractivity contribution in [2.45, 2.75) is 116 Å². The van der Waals surface area contributed by atoms with Crippen LogP contribution in [0, 0.1) is 13.8 Å². The van der Waals surface area contributed by atoms with Gasteiger partial charge in [-0.05, 0) is 164 Å². The molecule has 0 saturated carbocycles. The Balaban J connectivity index is 0.000000188. The summed E-state index contributed by atoms with van der Waals surface area (Å²) in [7, 11) is 0. The fourth-order valence-electron chi connectivity index (χ4n) is 13.8. The van der Waals surface area contributed by atoms with Crippen LogP contribution in [0.15, 0.2) is 267 Å². The average molecular weight is 1180 g/mol. The maximum Gasteiger partial charge on any atom is 0.120 e. The molecule has 4 heteroatoms. The molecular formula is C86H84O4. The first-order valence-electron chi connectivity index (χ1n) is 31.5. The van der Waals surface area contributed by atoms with Crippen LogP contribution in [-0.4, -0.2) is 20.4 Å². The molecule has 0 aromatic heterocycles. The van der Waals surface area contributed by atoms with Crippen molar-refractivity contribution >= 4 is 21.5 Å². The Hall–Kier alpha value is -9.64. The zero-order valence-electron chi connectivity index (χ0n) is 54.2. The Morgan fingerprint density at radius 2 is 0.478 bits per heavy atom. The van der Waals surface area contributed by atoms with E-state index in [-0.39, 0.29) is 33.2 Å². The van der Waals surface area contributed by atoms with Crippen molar-refractivity contribution in [1.29, 1.82) is 0 Å². The van der Waals surface area contributed by atoms with Gasteiger partial charge in [-0.15, -0.1) is 0 Å². The maximum atomic E-state index is 11.9. The second-order valence-corrected chi connectivity index (χ2v) is 27.2. The van der Waals surface area contributed by atoms with E-state index >= 15 is 0 Å². The van der Waals surface area contributed by atoms with Crippen LogP contribution in [0.2, 0.25) is 0 Å². The molecule has 0 amide bonds. The van der Waals surface area contributed by atoms with Gasteiger partial charge >= 0.3 is 0 Å². The van der Waals surface area contributed by atoms with Crippen molar-refractivity contribution in [3.05, 3.63) is 356 Å². The molecule has 0 saturated heterocycles. The Morgan fingerprint density at radius 3 is 0.833 bits per heavy atom. The summed E-state index contributed by atoms with van der Waals surface area (Å²) in [6.45, 7) is 26.3. The molecule has 0 atom stereocenters. The van der Waals surface area contributed by atoms with Gasteiger partial charge in [0, 0.05) is 43.6 Å². The lowest BCUT2D eigenvalue weighted by atomic mass is 9.66. The molecule has 12 aromatic carbocycles. The van der Waals surface area contributed by atoms with Crippen molar-refractivity contribution in [1.82, 2.24) is 0 Å². The quantitative estimate of drug-likeness (QED) is 0.0818. The van der Waals surface area contributed by atoms with Gasteiger partial charge in [0.05, 0.1) is 0 Å². The van der Waals surface area contributed by atoms with Crippen LogP contribution >= 0.6 is 0 Å². The van der Waals surface area contributed by atoms with Crippen LogP contribution in [0.25, 0.3) is 21.5 Å². The highest BCUT2D eigenvalue weighted by Gasteiger charge is 2.39. The summed E-state index contributed by atoms with van der Waals surface area (Å²) in [6.07, 6.45) is 0. The zero-order valence-corrected chi connectivity index (χ0v) is 54.2. The van der Waals surface area contributed by atoms with Crippen molar-refractivity contribution in [3.8, 4) is 23.0 Å². The zero-order chi connectivity index (χ0) is 64.0. The molecular weight excluding hydrogens is 1100 g/mol. The standard InChI is InChI=1S/C47H44O2.C39H40O2/c1-31-28-36(24-26-43(31)48)45(2,3)34-18-13-19-35(29-34)46(4,5)37-25-27-44(49)42(30-37)47(6,40-22-11-16-32-14-7-9-20-38(32)40)41-23-12-17-33-15-8-10-21-39(33)41;1-27-24-32(20-22-35(27)40)37(2,3)30-18-13-19-31(25-30)38(4,5)33-21-23-36(41)34(26-33)39(6,28-14-9-7-10-15-28)29-16-11-8-12-17-29/h7-30,48-49H,1-6H3;7-26,40-41H,1-6H3. The molecule has 90 heavy (non-hydrogen) atoms. The Labute approximate surface area is 533 Å². The highest BCUT2D eigenvalue weighted by Crippen LogP contribution is 2.50. The highest BCUT2D eigenvalue weighted by atomic mass is 16.3. The van der Waals surface area contributed by atoms with Crippen molar-refractivity contribution in [3.63, 3.8) is 0 Å². The minimum absolute atomic E-state index is 0.246. The van der Waals surface area contributed by atoms with Gasteiger partial charge in [-0.2, -0.15) is 0 Å². The molecule has 12 rings (SSSR count). The molecule has 12 aromatic rings. The van der Waals surface area contributed by atoms with Gasteiger partial charge in [0.25, 0.3) is 0 Å². The molecule has 0 aliphatic rings. The van der Waals surface area contributed by atoms with Crippen LogP contribution in [-0.2, 0) is 32.5 Å². The smallest absolute Gasteiger partial charge is 0.120 e. The van der Waals surface area contributed by atoms with E-state index in [1.165, 1.54) is 43.8 Å². The lowest BCUT2D eigenvalue weighted by Crippen LogP contribution is -2.28. The molecule has 4 N–H and O–H groups in total. The molecule has 0 fully saturated rings. The predicted octanol–water partition coefficient (Wildman–Crippen LogP) is 21.1. The van der Waals surface area contributed by atoms with Crippen LogP contribution in [0.3, 0.4) is 0 Å². The molecule has 0 radical (unpaired) electrons. The number of rotatable bonds is 14. The summed E-state index contributed by atoms with van der Waals surface area (Å²) in [6, 6.07) is 92.8. The van der Waals surface area contributed by atoms with E-state index in [4.69, 9.17) is 0 Å². The third-order valence-electron chi connectivity index (χ3n) is 20.3. The summed E-state index contributed by atoms with van der Waals surface area (Å²) < 4.78 is 0. The lowest BCUT2D eigenvalue weighted by Gasteiger charge is -2.36. The molecule has 452 valence electrons. The highest BCUT2D eigenvalue weighted by molar-refractivity contribution is 5.92. The fraction of sp³-hybridized carbons (Fsp3) is 0.209. The van der Waals surface area contributed by atoms with Gasteiger partial charge in [-0.1, -0.05) is 286 Å². The number of benzene rings is 12. The number of phenols is 4. The van der Waals surface area contributed by atoms with E-state index in [0.29, 0.717) is 11.5 Å². The molecule has 0 aliphatic carbocycles. The average Bonchev–Trinajstić information content (AvgIpc) is 0.752. The van der Waals surface area contributed by atoms with Gasteiger partial charge in [0.2, 0.25) is 0 Å². The van der Waals surface area contributed by atoms with E-state index in [1.54, 1.807) is 12.1 Å². The van der Waals surface area contributed by atoms with Crippen LogP contribution in [0.5, 0.6) is 23.0 Å². The largest absolute Gasteiger partial charge is 0.508 e. The first-order valence-corrected chi connectivity index (χ1v) is 31.5. The Morgan fingerprint density at radius 1 is 0.211 bits per heavy atom. The summed E-state index contributed by atoms with van der Waals surface area (Å²) >= 11 is 0. The van der Waals surface area contributed by atoms with E-state index in [9.17, 15) is 20.4 Å². The number of fused-ring (bicyclic) bond motifs is 2. The summed E-state index contributed by atoms with van der Waals surface area (Å²) in [4.78, 5) is 0. The lowest BCUT2D eigenvalue weighted by molar-refractivity contribution is 0.455. The first kappa shape index (κ1) is 62.0. The van der Waals surface area contributed by atoms with Crippen molar-refractivity contribution in [2.75, 3.05) is 0 Å². The molecule has 4 nitrogen and oxygen atoms in total. The topological polar surface area (TPSA) is 80.9 Å². The minimum Gasteiger partial charge on any atom is -0.508 e. The molecule has 0 heterocycles. The van der Waals surface area contributed by atoms with E-state index < -0.39 is 10.8 Å². The monoisotopic (exact) mass is 1180 g/mol. The SMILES string of the molecule is Cc1cc(C(C)(C)c2cccc(C(C)(C)c3ccc(O)c(C(C)(c4cccc5ccccc45)c4cccc5ccccc45)c3)c2)ccc1O.Cc1cc(C(C)(C)c2cccc(C(C)(C)c3ccc(O)c(C(C)(c4ccccc4)c4ccccc4)c3)c2)ccc1O. The van der Waals surface area contributed by atoms with Crippen LogP contribution in [0.1, 0.15) is 158 Å². The Bertz CT molecular complexity index is 4450. The summed E-state index contributed by atoms with van der Waals surface area (Å²) in [5.41, 5.74) is 15.0. The van der Waals surface area contributed by atoms with E-state index in [0.717, 1.165) is 66.8 Å². The predicted molar refractivity (Wildman–Crippen MR) is 375 cm³/mol. The number of aromatic hydroxyl groups is 4. The van der Waals surface area contributed by atoms with Gasteiger partial charge in [-0.25, -0.2) is 0 Å². The van der Waals surface area contributed by atoms with Crippen molar-refractivity contribution in [2.24, 2.45) is 0 Å². The van der Waals surface area contributed by atoms with E-state index in [1.807, 2.05) is 50.2 Å². The second-order valence-electron chi connectivity index (χ2n) is 27.2. The third-order valence-corrected chi connectivity index (χ3v) is 20.3. The first-order chi connectivity index (χ1) is 42.9. The second kappa shape index (κ2) is 24.0. The third kappa shape index (κ3) is 11.2. The maximum absolute atomic E-state index is 11.9. The van der Waals surface area contributed by atoms with Gasteiger partial charge in [-0.3, -0.25) is 0 Å². The normalized spacial score (nSPS) is 12.4. The van der Waals surface area contributed by atoms with Crippen molar-refractivity contribution < 1.29 is 20.4 Å². The minimum atomic E-state index is -0.682.